The Balaban J connectivity index is 4.30. The van der Waals surface area contributed by atoms with Crippen LogP contribution in [0.1, 0.15) is 221 Å². The molecule has 0 spiro atoms. The summed E-state index contributed by atoms with van der Waals surface area (Å²) >= 11 is 0. The smallest absolute Gasteiger partial charge is 0.320 e. The molecule has 6 nitrogen and oxygen atoms in total. The van der Waals surface area contributed by atoms with E-state index in [-0.39, 0.29) is 25.9 Å². The molecule has 0 atom stereocenters. The molecule has 0 rings (SSSR count). The SMILES string of the molecule is CCCCCCCC/C=C\CCCCCCCC(=O)OC(CCO)(NC(C)(C)C)OC(=O)CCCCCCC/C=C\CCCCCCCC. The molecule has 2 N–H and O–H groups in total. The van der Waals surface area contributed by atoms with E-state index in [4.69, 9.17) is 9.47 Å². The van der Waals surface area contributed by atoms with Gasteiger partial charge in [-0.05, 0) is 85.0 Å². The molecule has 288 valence electrons. The molecular formula is C43H81NO5. The minimum Gasteiger partial charge on any atom is -0.408 e. The Morgan fingerprint density at radius 1 is 0.510 bits per heavy atom. The molecular weight excluding hydrogens is 610 g/mol. The van der Waals surface area contributed by atoms with Crippen molar-refractivity contribution in [2.75, 3.05) is 6.61 Å². The molecule has 0 aliphatic carbocycles. The van der Waals surface area contributed by atoms with Crippen LogP contribution >= 0.6 is 0 Å². The average Bonchev–Trinajstić information content (AvgIpc) is 3.04. The second-order valence-electron chi connectivity index (χ2n) is 15.2. The predicted molar refractivity (Wildman–Crippen MR) is 208 cm³/mol. The van der Waals surface area contributed by atoms with E-state index in [1.807, 2.05) is 20.8 Å². The topological polar surface area (TPSA) is 84.9 Å². The summed E-state index contributed by atoms with van der Waals surface area (Å²) in [6.45, 7) is 10.0. The van der Waals surface area contributed by atoms with Crippen molar-refractivity contribution < 1.29 is 24.2 Å². The number of esters is 2. The predicted octanol–water partition coefficient (Wildman–Crippen LogP) is 12.6. The summed E-state index contributed by atoms with van der Waals surface area (Å²) in [7, 11) is 0. The molecule has 0 radical (unpaired) electrons. The molecule has 0 saturated carbocycles. The van der Waals surface area contributed by atoms with Crippen LogP contribution in [-0.4, -0.2) is 35.1 Å². The highest BCUT2D eigenvalue weighted by Gasteiger charge is 2.41. The Labute approximate surface area is 304 Å². The van der Waals surface area contributed by atoms with Crippen LogP contribution in [0.5, 0.6) is 0 Å². The zero-order valence-corrected chi connectivity index (χ0v) is 33.1. The zero-order valence-electron chi connectivity index (χ0n) is 33.1. The lowest BCUT2D eigenvalue weighted by atomic mass is 10.1. The van der Waals surface area contributed by atoms with E-state index < -0.39 is 23.4 Å². The largest absolute Gasteiger partial charge is 0.408 e. The van der Waals surface area contributed by atoms with Gasteiger partial charge in [-0.25, -0.2) is 5.32 Å². The van der Waals surface area contributed by atoms with Gasteiger partial charge in [0.1, 0.15) is 0 Å². The van der Waals surface area contributed by atoms with E-state index in [9.17, 15) is 14.7 Å². The molecule has 0 amide bonds. The number of rotatable bonds is 35. The summed E-state index contributed by atoms with van der Waals surface area (Å²) in [5, 5.41) is 13.0. The Morgan fingerprint density at radius 2 is 0.816 bits per heavy atom. The number of hydrogen-bond acceptors (Lipinski definition) is 6. The van der Waals surface area contributed by atoms with Gasteiger partial charge in [0.15, 0.2) is 0 Å². The maximum absolute atomic E-state index is 12.9. The summed E-state index contributed by atoms with van der Waals surface area (Å²) in [5.74, 6) is -2.47. The first-order valence-corrected chi connectivity index (χ1v) is 20.8. The standard InChI is InChI=1S/C43H81NO5/c1-6-8-10-12-14-16-18-20-22-24-26-28-30-32-34-36-40(46)48-43(38-39-45,44-42(3,4)5)49-41(47)37-35-33-31-29-27-25-23-21-19-17-15-13-11-9-7-2/h20-23,44-45H,6-19,24-39H2,1-5H3/b22-20-,23-21-. The fourth-order valence-corrected chi connectivity index (χ4v) is 6.10. The van der Waals surface area contributed by atoms with Crippen molar-refractivity contribution >= 4 is 11.9 Å². The maximum atomic E-state index is 12.9. The molecule has 0 aromatic carbocycles. The van der Waals surface area contributed by atoms with Gasteiger partial charge in [-0.3, -0.25) is 9.59 Å². The Bertz CT molecular complexity index is 762. The quantitative estimate of drug-likeness (QED) is 0.0298. The number of allylic oxidation sites excluding steroid dienone is 4. The Morgan fingerprint density at radius 3 is 1.12 bits per heavy atom. The third kappa shape index (κ3) is 33.3. The van der Waals surface area contributed by atoms with Crippen molar-refractivity contribution in [2.45, 2.75) is 232 Å². The summed E-state index contributed by atoms with van der Waals surface area (Å²) < 4.78 is 11.6. The first kappa shape index (κ1) is 47.3. The van der Waals surface area contributed by atoms with Gasteiger partial charge in [0.25, 0.3) is 0 Å². The van der Waals surface area contributed by atoms with Gasteiger partial charge in [0.05, 0.1) is 13.0 Å². The number of ether oxygens (including phenoxy) is 2. The van der Waals surface area contributed by atoms with Crippen LogP contribution in [0, 0.1) is 0 Å². The van der Waals surface area contributed by atoms with E-state index in [2.05, 4.69) is 43.5 Å². The molecule has 0 aromatic rings. The van der Waals surface area contributed by atoms with E-state index in [0.29, 0.717) is 0 Å². The molecule has 0 aliphatic rings. The Hall–Kier alpha value is -1.66. The summed E-state index contributed by atoms with van der Waals surface area (Å²) in [5.41, 5.74) is -0.498. The number of aliphatic hydroxyl groups is 1. The molecule has 0 bridgehead atoms. The highest BCUT2D eigenvalue weighted by molar-refractivity contribution is 5.72. The van der Waals surface area contributed by atoms with Crippen molar-refractivity contribution in [3.8, 4) is 0 Å². The number of aliphatic hydroxyl groups excluding tert-OH is 1. The van der Waals surface area contributed by atoms with Gasteiger partial charge >= 0.3 is 17.8 Å². The monoisotopic (exact) mass is 692 g/mol. The van der Waals surface area contributed by atoms with Crippen molar-refractivity contribution in [3.05, 3.63) is 24.3 Å². The van der Waals surface area contributed by atoms with Crippen LogP contribution in [0.3, 0.4) is 0 Å². The molecule has 0 fully saturated rings. The van der Waals surface area contributed by atoms with Crippen LogP contribution in [-0.2, 0) is 19.1 Å². The van der Waals surface area contributed by atoms with Crippen LogP contribution in [0.4, 0.5) is 0 Å². The van der Waals surface area contributed by atoms with Gasteiger partial charge in [-0.15, -0.1) is 0 Å². The molecule has 6 heteroatoms. The molecule has 0 aromatic heterocycles. The van der Waals surface area contributed by atoms with Crippen molar-refractivity contribution in [2.24, 2.45) is 0 Å². The van der Waals surface area contributed by atoms with Gasteiger partial charge in [-0.2, -0.15) is 0 Å². The minimum atomic E-state index is -1.66. The first-order chi connectivity index (χ1) is 23.7. The third-order valence-electron chi connectivity index (χ3n) is 8.85. The lowest BCUT2D eigenvalue weighted by Gasteiger charge is -2.38. The van der Waals surface area contributed by atoms with Gasteiger partial charge in [0.2, 0.25) is 0 Å². The molecule has 49 heavy (non-hydrogen) atoms. The second kappa shape index (κ2) is 33.5. The number of carbonyl (C=O) groups is 2. The van der Waals surface area contributed by atoms with Gasteiger partial charge < -0.3 is 14.6 Å². The number of hydrogen-bond donors (Lipinski definition) is 2. The van der Waals surface area contributed by atoms with E-state index in [1.165, 1.54) is 103 Å². The maximum Gasteiger partial charge on any atom is 0.320 e. The number of nitrogens with one attached hydrogen (secondary N) is 1. The minimum absolute atomic E-state index is 0.0134. The Kier molecular flexibility index (Phi) is 32.3. The summed E-state index contributed by atoms with van der Waals surface area (Å²) in [6.07, 6.45) is 40.9. The highest BCUT2D eigenvalue weighted by Crippen LogP contribution is 2.23. The van der Waals surface area contributed by atoms with Crippen molar-refractivity contribution in [1.29, 1.82) is 0 Å². The normalized spacial score (nSPS) is 12.4. The van der Waals surface area contributed by atoms with Crippen LogP contribution in [0.25, 0.3) is 0 Å². The van der Waals surface area contributed by atoms with Crippen LogP contribution in [0.15, 0.2) is 24.3 Å². The summed E-state index contributed by atoms with van der Waals surface area (Å²) in [6, 6.07) is 0. The highest BCUT2D eigenvalue weighted by atomic mass is 16.8. The molecule has 0 unspecified atom stereocenters. The molecule has 0 aliphatic heterocycles. The first-order valence-electron chi connectivity index (χ1n) is 20.8. The van der Waals surface area contributed by atoms with Crippen molar-refractivity contribution in [3.63, 3.8) is 0 Å². The second-order valence-corrected chi connectivity index (χ2v) is 15.2. The zero-order chi connectivity index (χ0) is 36.3. The van der Waals surface area contributed by atoms with Crippen LogP contribution < -0.4 is 5.32 Å². The van der Waals surface area contributed by atoms with Gasteiger partial charge in [-0.1, -0.05) is 141 Å². The van der Waals surface area contributed by atoms with E-state index in [1.54, 1.807) is 0 Å². The lowest BCUT2D eigenvalue weighted by molar-refractivity contribution is -0.252. The fraction of sp³-hybridized carbons (Fsp3) is 0.860. The van der Waals surface area contributed by atoms with Crippen molar-refractivity contribution in [1.82, 2.24) is 5.32 Å². The van der Waals surface area contributed by atoms with E-state index >= 15 is 0 Å². The molecule has 0 saturated heterocycles. The van der Waals surface area contributed by atoms with Gasteiger partial charge in [0, 0.05) is 18.4 Å². The third-order valence-corrected chi connectivity index (χ3v) is 8.85. The number of unbranched alkanes of at least 4 members (excludes halogenated alkanes) is 22. The summed E-state index contributed by atoms with van der Waals surface area (Å²) in [4.78, 5) is 25.8. The van der Waals surface area contributed by atoms with Crippen LogP contribution in [0.2, 0.25) is 0 Å². The lowest BCUT2D eigenvalue weighted by Crippen LogP contribution is -2.59. The fourth-order valence-electron chi connectivity index (χ4n) is 6.10. The average molecular weight is 692 g/mol. The van der Waals surface area contributed by atoms with E-state index in [0.717, 1.165) is 64.2 Å². The number of carbonyl (C=O) groups excluding carboxylic acids is 2. The molecule has 0 heterocycles.